The van der Waals surface area contributed by atoms with Crippen molar-refractivity contribution in [2.24, 2.45) is 0 Å². The van der Waals surface area contributed by atoms with Crippen LogP contribution in [0.4, 0.5) is 5.95 Å². The minimum atomic E-state index is 0.154. The van der Waals surface area contributed by atoms with Crippen molar-refractivity contribution in [2.45, 2.75) is 32.1 Å². The zero-order valence-corrected chi connectivity index (χ0v) is 11.4. The van der Waals surface area contributed by atoms with E-state index in [1.165, 1.54) is 29.7 Å². The molecule has 18 heavy (non-hydrogen) atoms. The van der Waals surface area contributed by atoms with E-state index in [-0.39, 0.29) is 11.2 Å². The molecule has 0 atom stereocenters. The SMILES string of the molecule is Nc1nc(Cl)nc(-c2cc3c(s2)CCCCC3)n1. The lowest BCUT2D eigenvalue weighted by Crippen LogP contribution is -1.99. The Morgan fingerprint density at radius 1 is 1.11 bits per heavy atom. The fraction of sp³-hybridized carbons (Fsp3) is 0.417. The van der Waals surface area contributed by atoms with Gasteiger partial charge in [-0.05, 0) is 48.9 Å². The van der Waals surface area contributed by atoms with Crippen molar-refractivity contribution >= 4 is 28.9 Å². The number of hydrogen-bond donors (Lipinski definition) is 1. The van der Waals surface area contributed by atoms with Crippen LogP contribution in [0.5, 0.6) is 0 Å². The van der Waals surface area contributed by atoms with Gasteiger partial charge in [-0.2, -0.15) is 15.0 Å². The van der Waals surface area contributed by atoms with Crippen LogP contribution in [0.15, 0.2) is 6.07 Å². The molecule has 94 valence electrons. The van der Waals surface area contributed by atoms with Crippen LogP contribution in [-0.4, -0.2) is 15.0 Å². The second-order valence-electron chi connectivity index (χ2n) is 4.41. The molecule has 0 saturated carbocycles. The highest BCUT2D eigenvalue weighted by atomic mass is 35.5. The second-order valence-corrected chi connectivity index (χ2v) is 5.88. The Morgan fingerprint density at radius 2 is 1.94 bits per heavy atom. The summed E-state index contributed by atoms with van der Waals surface area (Å²) in [6, 6.07) is 2.18. The van der Waals surface area contributed by atoms with Crippen LogP contribution >= 0.6 is 22.9 Å². The maximum absolute atomic E-state index is 5.82. The van der Waals surface area contributed by atoms with Crippen molar-refractivity contribution in [2.75, 3.05) is 5.73 Å². The molecule has 0 amide bonds. The standard InChI is InChI=1S/C12H13ClN4S/c13-11-15-10(16-12(14)17-11)9-6-7-4-2-1-3-5-8(7)18-9/h6H,1-5H2,(H2,14,15,16,17). The molecule has 1 aliphatic carbocycles. The zero-order valence-electron chi connectivity index (χ0n) is 9.82. The Balaban J connectivity index is 2.01. The van der Waals surface area contributed by atoms with Gasteiger partial charge in [0.15, 0.2) is 5.82 Å². The number of hydrogen-bond acceptors (Lipinski definition) is 5. The number of fused-ring (bicyclic) bond motifs is 1. The van der Waals surface area contributed by atoms with E-state index in [0.29, 0.717) is 5.82 Å². The monoisotopic (exact) mass is 280 g/mol. The summed E-state index contributed by atoms with van der Waals surface area (Å²) < 4.78 is 0. The van der Waals surface area contributed by atoms with Crippen LogP contribution in [0.2, 0.25) is 5.28 Å². The van der Waals surface area contributed by atoms with E-state index in [4.69, 9.17) is 17.3 Å². The largest absolute Gasteiger partial charge is 0.368 e. The number of nitrogens with zero attached hydrogens (tertiary/aromatic N) is 3. The minimum absolute atomic E-state index is 0.154. The highest BCUT2D eigenvalue weighted by molar-refractivity contribution is 7.15. The fourth-order valence-corrected chi connectivity index (χ4v) is 3.61. The molecule has 0 saturated heterocycles. The Labute approximate surface area is 114 Å². The summed E-state index contributed by atoms with van der Waals surface area (Å²) in [6.45, 7) is 0. The molecule has 0 aromatic carbocycles. The van der Waals surface area contributed by atoms with E-state index in [1.54, 1.807) is 11.3 Å². The molecular formula is C12H13ClN4S. The lowest BCUT2D eigenvalue weighted by molar-refractivity contribution is 0.712. The molecule has 0 bridgehead atoms. The predicted molar refractivity (Wildman–Crippen MR) is 73.8 cm³/mol. The first-order valence-corrected chi connectivity index (χ1v) is 7.21. The molecule has 2 aromatic rings. The zero-order chi connectivity index (χ0) is 12.5. The number of nitrogen functional groups attached to an aromatic ring is 1. The van der Waals surface area contributed by atoms with Crippen LogP contribution in [0.3, 0.4) is 0 Å². The molecule has 1 aliphatic rings. The second kappa shape index (κ2) is 4.82. The van der Waals surface area contributed by atoms with Gasteiger partial charge in [-0.3, -0.25) is 0 Å². The van der Waals surface area contributed by atoms with Crippen molar-refractivity contribution in [3.8, 4) is 10.7 Å². The number of aromatic nitrogens is 3. The number of halogens is 1. The van der Waals surface area contributed by atoms with Crippen LogP contribution in [0.1, 0.15) is 29.7 Å². The third-order valence-corrected chi connectivity index (χ3v) is 4.49. The number of anilines is 1. The smallest absolute Gasteiger partial charge is 0.227 e. The Hall–Kier alpha value is -1.20. The number of rotatable bonds is 1. The first-order valence-electron chi connectivity index (χ1n) is 6.01. The lowest BCUT2D eigenvalue weighted by Gasteiger charge is -1.98. The van der Waals surface area contributed by atoms with E-state index in [2.05, 4.69) is 21.0 Å². The van der Waals surface area contributed by atoms with Crippen LogP contribution in [-0.2, 0) is 12.8 Å². The number of thiophene rings is 1. The molecular weight excluding hydrogens is 268 g/mol. The van der Waals surface area contributed by atoms with Crippen LogP contribution in [0.25, 0.3) is 10.7 Å². The Morgan fingerprint density at radius 3 is 2.78 bits per heavy atom. The molecule has 0 unspecified atom stereocenters. The maximum Gasteiger partial charge on any atom is 0.227 e. The van der Waals surface area contributed by atoms with Crippen LogP contribution in [0, 0.1) is 0 Å². The molecule has 0 fully saturated rings. The summed E-state index contributed by atoms with van der Waals surface area (Å²) in [5.41, 5.74) is 7.03. The average molecular weight is 281 g/mol. The van der Waals surface area contributed by atoms with E-state index in [1.807, 2.05) is 0 Å². The molecule has 0 radical (unpaired) electrons. The average Bonchev–Trinajstić information content (AvgIpc) is 2.60. The summed E-state index contributed by atoms with van der Waals surface area (Å²) in [6.07, 6.45) is 6.17. The molecule has 3 rings (SSSR count). The maximum atomic E-state index is 5.82. The molecule has 0 spiro atoms. The molecule has 0 aliphatic heterocycles. The summed E-state index contributed by atoms with van der Waals surface area (Å²) in [5, 5.41) is 0.154. The molecule has 2 N–H and O–H groups in total. The Bertz CT molecular complexity index is 538. The van der Waals surface area contributed by atoms with Gasteiger partial charge in [0.25, 0.3) is 0 Å². The first-order chi connectivity index (χ1) is 8.72. The normalized spacial score (nSPS) is 15.2. The third-order valence-electron chi connectivity index (χ3n) is 3.09. The van der Waals surface area contributed by atoms with Crippen molar-refractivity contribution in [1.82, 2.24) is 15.0 Å². The first kappa shape index (κ1) is 11.9. The van der Waals surface area contributed by atoms with Gasteiger partial charge in [0.2, 0.25) is 11.2 Å². The quantitative estimate of drug-likeness (QED) is 0.815. The van der Waals surface area contributed by atoms with E-state index < -0.39 is 0 Å². The predicted octanol–water partition coefficient (Wildman–Crippen LogP) is 3.10. The summed E-state index contributed by atoms with van der Waals surface area (Å²) >= 11 is 7.57. The van der Waals surface area contributed by atoms with Crippen molar-refractivity contribution in [3.05, 3.63) is 21.8 Å². The van der Waals surface area contributed by atoms with Gasteiger partial charge in [0.05, 0.1) is 4.88 Å². The van der Waals surface area contributed by atoms with Crippen LogP contribution < -0.4 is 5.73 Å². The number of nitrogens with two attached hydrogens (primary N) is 1. The van der Waals surface area contributed by atoms with Crippen molar-refractivity contribution in [3.63, 3.8) is 0 Å². The molecule has 4 nitrogen and oxygen atoms in total. The van der Waals surface area contributed by atoms with Gasteiger partial charge in [0, 0.05) is 4.88 Å². The molecule has 2 aromatic heterocycles. The fourth-order valence-electron chi connectivity index (χ4n) is 2.25. The van der Waals surface area contributed by atoms with Gasteiger partial charge < -0.3 is 5.73 Å². The van der Waals surface area contributed by atoms with Gasteiger partial charge in [-0.1, -0.05) is 6.42 Å². The lowest BCUT2D eigenvalue weighted by atomic mass is 10.1. The summed E-state index contributed by atoms with van der Waals surface area (Å²) in [7, 11) is 0. The van der Waals surface area contributed by atoms with Gasteiger partial charge >= 0.3 is 0 Å². The molecule has 2 heterocycles. The summed E-state index contributed by atoms with van der Waals surface area (Å²) in [4.78, 5) is 14.6. The number of aryl methyl sites for hydroxylation is 2. The van der Waals surface area contributed by atoms with Crippen molar-refractivity contribution < 1.29 is 0 Å². The Kier molecular flexibility index (Phi) is 3.18. The van der Waals surface area contributed by atoms with Gasteiger partial charge in [-0.25, -0.2) is 0 Å². The van der Waals surface area contributed by atoms with E-state index >= 15 is 0 Å². The minimum Gasteiger partial charge on any atom is -0.368 e. The van der Waals surface area contributed by atoms with Gasteiger partial charge in [0.1, 0.15) is 0 Å². The highest BCUT2D eigenvalue weighted by Gasteiger charge is 2.15. The molecule has 6 heteroatoms. The van der Waals surface area contributed by atoms with E-state index in [0.717, 1.165) is 17.7 Å². The third kappa shape index (κ3) is 2.33. The van der Waals surface area contributed by atoms with Crippen molar-refractivity contribution in [1.29, 1.82) is 0 Å². The highest BCUT2D eigenvalue weighted by Crippen LogP contribution is 2.33. The topological polar surface area (TPSA) is 64.7 Å². The summed E-state index contributed by atoms with van der Waals surface area (Å²) in [5.74, 6) is 0.763. The van der Waals surface area contributed by atoms with Gasteiger partial charge in [-0.15, -0.1) is 11.3 Å². The van der Waals surface area contributed by atoms with E-state index in [9.17, 15) is 0 Å².